The molecule has 1 aromatic rings. The first-order valence-corrected chi connectivity index (χ1v) is 26.4. The number of rotatable bonds is 18. The predicted octanol–water partition coefficient (Wildman–Crippen LogP) is -1.22. The predicted molar refractivity (Wildman–Crippen MR) is 267 cm³/mol. The number of benzene rings is 1. The van der Waals surface area contributed by atoms with Crippen LogP contribution in [0.4, 0.5) is 0 Å². The van der Waals surface area contributed by atoms with E-state index >= 15 is 0 Å². The molecule has 3 rings (SSSR count). The maximum Gasteiger partial charge on any atom is 0.246 e. The van der Waals surface area contributed by atoms with E-state index in [0.717, 1.165) is 21.6 Å². The molecule has 72 heavy (non-hydrogen) atoms. The van der Waals surface area contributed by atoms with Gasteiger partial charge in [0.15, 0.2) is 0 Å². The van der Waals surface area contributed by atoms with Gasteiger partial charge in [0.2, 0.25) is 59.1 Å². The molecule has 10 amide bonds. The van der Waals surface area contributed by atoms with Gasteiger partial charge in [0.05, 0.1) is 6.54 Å². The van der Waals surface area contributed by atoms with Crippen LogP contribution in [0.15, 0.2) is 24.3 Å². The smallest absolute Gasteiger partial charge is 0.246 e. The summed E-state index contributed by atoms with van der Waals surface area (Å²) in [6, 6.07) is -4.92. The third-order valence-corrected chi connectivity index (χ3v) is 14.2. The second kappa shape index (κ2) is 29.3. The van der Waals surface area contributed by atoms with Crippen molar-refractivity contribution in [2.45, 2.75) is 148 Å². The summed E-state index contributed by atoms with van der Waals surface area (Å²) < 4.78 is 0. The number of carbonyl (C=O) groups excluding carboxylic acids is 12. The number of amides is 10. The minimum absolute atomic E-state index is 0.0518. The Morgan fingerprint density at radius 3 is 2.00 bits per heavy atom. The minimum Gasteiger partial charge on any atom is -0.508 e. The molecule has 0 aliphatic carbocycles. The third-order valence-electron chi connectivity index (χ3n) is 11.8. The van der Waals surface area contributed by atoms with E-state index in [9.17, 15) is 62.6 Å². The molecule has 11 N–H and O–H groups in total. The molecule has 0 spiro atoms. The van der Waals surface area contributed by atoms with E-state index in [-0.39, 0.29) is 67.6 Å². The average molecular weight is 1050 g/mol. The van der Waals surface area contributed by atoms with Crippen LogP contribution in [0.25, 0.3) is 0 Å². The summed E-state index contributed by atoms with van der Waals surface area (Å²) in [5.74, 6) is -9.88. The molecular weight excluding hydrogens is 977 g/mol. The fourth-order valence-electron chi connectivity index (χ4n) is 7.83. The maximum atomic E-state index is 14.6. The summed E-state index contributed by atoms with van der Waals surface area (Å²) in [7, 11) is 2.02. The van der Waals surface area contributed by atoms with Crippen LogP contribution in [0.2, 0.25) is 0 Å². The lowest BCUT2D eigenvalue weighted by atomic mass is 9.96. The molecule has 0 bridgehead atoms. The Balaban J connectivity index is 2.12. The van der Waals surface area contributed by atoms with Crippen LogP contribution in [0.1, 0.15) is 99.0 Å². The van der Waals surface area contributed by atoms with E-state index in [4.69, 9.17) is 5.73 Å². The number of hydrogen-bond acceptors (Lipinski definition) is 15. The summed E-state index contributed by atoms with van der Waals surface area (Å²) in [5, 5.41) is 30.7. The van der Waals surface area contributed by atoms with Crippen molar-refractivity contribution in [1.82, 2.24) is 47.4 Å². The highest BCUT2D eigenvalue weighted by Gasteiger charge is 2.41. The zero-order valence-electron chi connectivity index (χ0n) is 41.8. The molecule has 0 saturated carbocycles. The van der Waals surface area contributed by atoms with Gasteiger partial charge >= 0.3 is 0 Å². The zero-order chi connectivity index (χ0) is 53.8. The topological polar surface area (TPSA) is 351 Å². The first kappa shape index (κ1) is 60.1. The van der Waals surface area contributed by atoms with Gasteiger partial charge in [-0.05, 0) is 69.1 Å². The highest BCUT2D eigenvalue weighted by atomic mass is 33.1. The van der Waals surface area contributed by atoms with Crippen molar-refractivity contribution in [2.24, 2.45) is 17.6 Å². The van der Waals surface area contributed by atoms with E-state index in [0.29, 0.717) is 18.4 Å². The number of likely N-dealkylation sites (tertiary alicyclic amines) is 1. The van der Waals surface area contributed by atoms with E-state index in [2.05, 4.69) is 42.5 Å². The van der Waals surface area contributed by atoms with Crippen LogP contribution >= 0.6 is 21.6 Å². The summed E-state index contributed by atoms with van der Waals surface area (Å²) in [5.41, 5.74) is 5.71. The molecule has 23 nitrogen and oxygen atoms in total. The SMILES string of the molecule is CC[C@H](C)[C@@H]1NC(=O)[C@H](Cc2ccc(O)cc2)NC(=O)[C@@H](NC(C)=O)CSSC[C@@H](C(=O)N2CCC[C@H]2C(=O)N[C@@H](CC(C)C)C(=O)NCC(N)=O)NC(=O)[C@H](CC(C)=O)NC(=O)[C@H](CCC(C)=O)NC1=O. The van der Waals surface area contributed by atoms with Gasteiger partial charge in [-0.25, -0.2) is 0 Å². The molecular formula is C47H70N10O13S2. The maximum absolute atomic E-state index is 14.6. The van der Waals surface area contributed by atoms with Crippen LogP contribution < -0.4 is 48.3 Å². The lowest BCUT2D eigenvalue weighted by molar-refractivity contribution is -0.142. The number of nitrogens with two attached hydrogens (primary N) is 1. The Morgan fingerprint density at radius 1 is 0.792 bits per heavy atom. The Labute approximate surface area is 426 Å². The number of ketones is 2. The van der Waals surface area contributed by atoms with Crippen LogP contribution in [0.3, 0.4) is 0 Å². The number of phenolic OH excluding ortho intramolecular Hbond substituents is 1. The van der Waals surface area contributed by atoms with Gasteiger partial charge in [-0.2, -0.15) is 0 Å². The van der Waals surface area contributed by atoms with E-state index in [1.54, 1.807) is 13.8 Å². The summed E-state index contributed by atoms with van der Waals surface area (Å²) in [6.45, 7) is 10.3. The molecule has 0 radical (unpaired) electrons. The number of aromatic hydroxyl groups is 1. The van der Waals surface area contributed by atoms with E-state index in [1.165, 1.54) is 49.9 Å². The zero-order valence-corrected chi connectivity index (χ0v) is 43.4. The Hall–Kier alpha value is -6.24. The number of nitrogens with one attached hydrogen (secondary N) is 8. The highest BCUT2D eigenvalue weighted by Crippen LogP contribution is 2.26. The Morgan fingerprint density at radius 2 is 1.40 bits per heavy atom. The molecule has 0 aromatic heterocycles. The number of nitrogens with zero attached hydrogens (tertiary/aromatic N) is 1. The van der Waals surface area contributed by atoms with Crippen molar-refractivity contribution in [1.29, 1.82) is 0 Å². The quantitative estimate of drug-likeness (QED) is 0.0771. The van der Waals surface area contributed by atoms with Gasteiger partial charge in [0.25, 0.3) is 0 Å². The van der Waals surface area contributed by atoms with E-state index in [1.807, 2.05) is 13.8 Å². The molecule has 25 heteroatoms. The molecule has 0 unspecified atom stereocenters. The van der Waals surface area contributed by atoms with Crippen molar-refractivity contribution in [2.75, 3.05) is 24.6 Å². The van der Waals surface area contributed by atoms with Crippen molar-refractivity contribution in [3.63, 3.8) is 0 Å². The Bertz CT molecular complexity index is 2160. The molecule has 2 saturated heterocycles. The summed E-state index contributed by atoms with van der Waals surface area (Å²) >= 11 is 0. The molecule has 9 atom stereocenters. The number of hydrogen-bond donors (Lipinski definition) is 10. The average Bonchev–Trinajstić information content (AvgIpc) is 3.81. The van der Waals surface area contributed by atoms with Crippen LogP contribution in [-0.2, 0) is 64.0 Å². The van der Waals surface area contributed by atoms with Crippen molar-refractivity contribution >= 4 is 92.2 Å². The second-order valence-corrected chi connectivity index (χ2v) is 21.1. The molecule has 1 aromatic carbocycles. The lowest BCUT2D eigenvalue weighted by Gasteiger charge is -2.31. The Kier molecular flexibility index (Phi) is 24.5. The summed E-state index contributed by atoms with van der Waals surface area (Å²) in [4.78, 5) is 163. The number of Topliss-reactive ketones (excluding diaryl/α,β-unsaturated/α-hetero) is 2. The van der Waals surface area contributed by atoms with Crippen molar-refractivity contribution in [3.8, 4) is 5.75 Å². The van der Waals surface area contributed by atoms with Crippen molar-refractivity contribution < 1.29 is 62.6 Å². The largest absolute Gasteiger partial charge is 0.508 e. The van der Waals surface area contributed by atoms with Gasteiger partial charge in [-0.3, -0.25) is 52.7 Å². The third kappa shape index (κ3) is 19.8. The van der Waals surface area contributed by atoms with Gasteiger partial charge in [-0.1, -0.05) is 67.8 Å². The molecule has 2 fully saturated rings. The van der Waals surface area contributed by atoms with E-state index < -0.39 is 132 Å². The monoisotopic (exact) mass is 1050 g/mol. The summed E-state index contributed by atoms with van der Waals surface area (Å²) in [6.07, 6.45) is -0.131. The fraction of sp³-hybridized carbons (Fsp3) is 0.617. The van der Waals surface area contributed by atoms with Gasteiger partial charge < -0.3 is 63.1 Å². The normalized spacial score (nSPS) is 23.7. The van der Waals surface area contributed by atoms with Gasteiger partial charge in [-0.15, -0.1) is 0 Å². The highest BCUT2D eigenvalue weighted by molar-refractivity contribution is 8.76. The first-order valence-electron chi connectivity index (χ1n) is 23.9. The van der Waals surface area contributed by atoms with Crippen molar-refractivity contribution in [3.05, 3.63) is 29.8 Å². The minimum atomic E-state index is -1.63. The standard InChI is InChI=1S/C47H70N10O13S2/c1-8-25(4)39-46(69)51-31(16-11-26(5)58)41(64)52-33(19-27(6)59)42(65)55-36(47(70)57-17-9-10-37(57)45(68)54-32(18-24(2)3)40(63)49-21-38(48)62)23-72-71-22-35(50-28(7)60)44(67)53-34(43(66)56-39)20-29-12-14-30(61)15-13-29/h12-15,24-25,31-37,39,61H,8-11,16-23H2,1-7H3,(H2,48,62)(H,49,63)(H,50,60)(H,51,69)(H,52,64)(H,53,67)(H,54,68)(H,55,65)(H,56,66)/t25-,31-,32-,33-,34-,35-,36-,37-,39-/m0/s1. The first-order chi connectivity index (χ1) is 33.9. The molecule has 2 heterocycles. The second-order valence-electron chi connectivity index (χ2n) is 18.5. The lowest BCUT2D eigenvalue weighted by Crippen LogP contribution is -2.61. The molecule has 398 valence electrons. The van der Waals surface area contributed by atoms with Gasteiger partial charge in [0.1, 0.15) is 65.7 Å². The molecule has 2 aliphatic heterocycles. The van der Waals surface area contributed by atoms with Crippen LogP contribution in [0.5, 0.6) is 5.75 Å². The van der Waals surface area contributed by atoms with Crippen LogP contribution in [0, 0.1) is 11.8 Å². The number of phenols is 1. The number of primary amides is 1. The fourth-order valence-corrected chi connectivity index (χ4v) is 10.2. The number of carbonyl (C=O) groups is 12. The van der Waals surface area contributed by atoms with Gasteiger partial charge in [0, 0.05) is 44.2 Å². The van der Waals surface area contributed by atoms with Crippen LogP contribution in [-0.4, -0.2) is 154 Å². The molecule has 2 aliphatic rings.